The van der Waals surface area contributed by atoms with Gasteiger partial charge in [0.05, 0.1) is 26.0 Å². The summed E-state index contributed by atoms with van der Waals surface area (Å²) in [5.74, 6) is 1.75. The molecule has 1 atom stereocenters. The van der Waals surface area contributed by atoms with E-state index in [1.807, 2.05) is 24.7 Å². The van der Waals surface area contributed by atoms with Gasteiger partial charge in [0.25, 0.3) is 0 Å². The zero-order chi connectivity index (χ0) is 19.6. The van der Waals surface area contributed by atoms with E-state index < -0.39 is 0 Å². The first-order valence-electron chi connectivity index (χ1n) is 10.2. The summed E-state index contributed by atoms with van der Waals surface area (Å²) in [7, 11) is 1.70. The summed E-state index contributed by atoms with van der Waals surface area (Å²) in [4.78, 5) is 11.5. The molecule has 160 valence electrons. The first kappa shape index (κ1) is 23.5. The predicted octanol–water partition coefficient (Wildman–Crippen LogP) is 2.90. The van der Waals surface area contributed by atoms with Crippen LogP contribution in [0.4, 0.5) is 0 Å². The normalized spacial score (nSPS) is 15.6. The average molecular weight is 512 g/mol. The van der Waals surface area contributed by atoms with Gasteiger partial charge < -0.3 is 19.9 Å². The zero-order valence-corrected chi connectivity index (χ0v) is 19.7. The minimum atomic E-state index is 0. The van der Waals surface area contributed by atoms with Crippen molar-refractivity contribution < 1.29 is 4.74 Å². The second kappa shape index (κ2) is 12.7. The molecule has 0 spiro atoms. The summed E-state index contributed by atoms with van der Waals surface area (Å²) in [6.07, 6.45) is 8.13. The van der Waals surface area contributed by atoms with E-state index in [1.54, 1.807) is 13.3 Å². The van der Waals surface area contributed by atoms with Gasteiger partial charge in [-0.25, -0.2) is 4.98 Å². The van der Waals surface area contributed by atoms with Gasteiger partial charge in [-0.1, -0.05) is 12.1 Å². The Kier molecular flexibility index (Phi) is 10.3. The van der Waals surface area contributed by atoms with E-state index in [0.717, 1.165) is 51.0 Å². The number of benzene rings is 1. The monoisotopic (exact) mass is 512 g/mol. The SMILES string of the molecule is CCNC(=NCC(c1ccc(OC)cc1)N1CCCC1)NCCn1ccnc1.I. The summed E-state index contributed by atoms with van der Waals surface area (Å²) < 4.78 is 7.37. The molecule has 3 rings (SSSR count). The number of nitrogens with zero attached hydrogens (tertiary/aromatic N) is 4. The molecule has 1 aromatic heterocycles. The fourth-order valence-corrected chi connectivity index (χ4v) is 3.55. The molecule has 0 radical (unpaired) electrons. The Morgan fingerprint density at radius 2 is 1.97 bits per heavy atom. The van der Waals surface area contributed by atoms with Gasteiger partial charge >= 0.3 is 0 Å². The maximum atomic E-state index is 5.31. The molecule has 8 heteroatoms. The molecule has 2 aromatic rings. The molecule has 0 bridgehead atoms. The van der Waals surface area contributed by atoms with Crippen LogP contribution >= 0.6 is 24.0 Å². The van der Waals surface area contributed by atoms with Crippen LogP contribution in [0.15, 0.2) is 48.0 Å². The molecule has 7 nitrogen and oxygen atoms in total. The number of hydrogen-bond acceptors (Lipinski definition) is 4. The zero-order valence-electron chi connectivity index (χ0n) is 17.4. The lowest BCUT2D eigenvalue weighted by atomic mass is 10.1. The molecule has 1 aromatic carbocycles. The van der Waals surface area contributed by atoms with Crippen molar-refractivity contribution in [1.29, 1.82) is 0 Å². The molecule has 29 heavy (non-hydrogen) atoms. The number of aliphatic imine (C=N–C) groups is 1. The van der Waals surface area contributed by atoms with E-state index in [2.05, 4.69) is 44.1 Å². The highest BCUT2D eigenvalue weighted by Crippen LogP contribution is 2.27. The Balaban J connectivity index is 0.00000300. The number of halogens is 1. The van der Waals surface area contributed by atoms with Crippen LogP contribution in [0.3, 0.4) is 0 Å². The van der Waals surface area contributed by atoms with Gasteiger partial charge in [-0.2, -0.15) is 0 Å². The highest BCUT2D eigenvalue weighted by molar-refractivity contribution is 14.0. The van der Waals surface area contributed by atoms with Crippen LogP contribution in [0.25, 0.3) is 0 Å². The first-order valence-corrected chi connectivity index (χ1v) is 10.2. The van der Waals surface area contributed by atoms with E-state index in [1.165, 1.54) is 18.4 Å². The average Bonchev–Trinajstić information content (AvgIpc) is 3.43. The first-order chi connectivity index (χ1) is 13.8. The topological polar surface area (TPSA) is 66.7 Å². The number of nitrogens with one attached hydrogen (secondary N) is 2. The van der Waals surface area contributed by atoms with Crippen molar-refractivity contribution >= 4 is 29.9 Å². The summed E-state index contributed by atoms with van der Waals surface area (Å²) >= 11 is 0. The number of likely N-dealkylation sites (tertiary alicyclic amines) is 1. The van der Waals surface area contributed by atoms with Gasteiger partial charge in [-0.05, 0) is 50.6 Å². The number of ether oxygens (including phenoxy) is 1. The van der Waals surface area contributed by atoms with Crippen LogP contribution in [-0.4, -0.2) is 60.2 Å². The number of rotatable bonds is 9. The Morgan fingerprint density at radius 1 is 1.21 bits per heavy atom. The predicted molar refractivity (Wildman–Crippen MR) is 128 cm³/mol. The summed E-state index contributed by atoms with van der Waals surface area (Å²) in [6, 6.07) is 8.69. The molecule has 2 N–H and O–H groups in total. The van der Waals surface area contributed by atoms with Crippen molar-refractivity contribution in [3.05, 3.63) is 48.5 Å². The Bertz CT molecular complexity index is 713. The van der Waals surface area contributed by atoms with Crippen LogP contribution in [0, 0.1) is 0 Å². The van der Waals surface area contributed by atoms with Crippen molar-refractivity contribution in [3.8, 4) is 5.75 Å². The van der Waals surface area contributed by atoms with E-state index in [-0.39, 0.29) is 30.0 Å². The van der Waals surface area contributed by atoms with Crippen LogP contribution < -0.4 is 15.4 Å². The number of imidazole rings is 1. The fourth-order valence-electron chi connectivity index (χ4n) is 3.55. The van der Waals surface area contributed by atoms with Crippen LogP contribution in [0.2, 0.25) is 0 Å². The molecular formula is C21H33IN6O. The van der Waals surface area contributed by atoms with Gasteiger partial charge in [-0.3, -0.25) is 9.89 Å². The molecular weight excluding hydrogens is 479 g/mol. The largest absolute Gasteiger partial charge is 0.497 e. The van der Waals surface area contributed by atoms with Gasteiger partial charge in [-0.15, -0.1) is 24.0 Å². The molecule has 1 aliphatic heterocycles. The Hall–Kier alpha value is -1.81. The lowest BCUT2D eigenvalue weighted by molar-refractivity contribution is 0.251. The van der Waals surface area contributed by atoms with Gasteiger partial charge in [0, 0.05) is 32.0 Å². The number of methoxy groups -OCH3 is 1. The molecule has 0 saturated carbocycles. The molecule has 1 aliphatic rings. The van der Waals surface area contributed by atoms with E-state index in [4.69, 9.17) is 9.73 Å². The maximum Gasteiger partial charge on any atom is 0.191 e. The quantitative estimate of drug-likeness (QED) is 0.308. The lowest BCUT2D eigenvalue weighted by Crippen LogP contribution is -2.39. The van der Waals surface area contributed by atoms with E-state index in [9.17, 15) is 0 Å². The standard InChI is InChI=1S/C21H32N6O.HI/c1-3-23-21(24-11-15-26-14-10-22-17-26)25-16-20(27-12-4-5-13-27)18-6-8-19(28-2)9-7-18;/h6-10,14,17,20H,3-5,11-13,15-16H2,1-2H3,(H2,23,24,25);1H. The van der Waals surface area contributed by atoms with Crippen molar-refractivity contribution in [2.24, 2.45) is 4.99 Å². The summed E-state index contributed by atoms with van der Waals surface area (Å²) in [5.41, 5.74) is 1.29. The summed E-state index contributed by atoms with van der Waals surface area (Å²) in [5, 5.41) is 6.78. The van der Waals surface area contributed by atoms with Gasteiger partial charge in [0.2, 0.25) is 0 Å². The smallest absolute Gasteiger partial charge is 0.191 e. The van der Waals surface area contributed by atoms with Crippen LogP contribution in [-0.2, 0) is 6.54 Å². The summed E-state index contributed by atoms with van der Waals surface area (Å²) in [6.45, 7) is 7.60. The molecule has 0 aliphatic carbocycles. The number of hydrogen-bond donors (Lipinski definition) is 2. The van der Waals surface area contributed by atoms with Crippen molar-refractivity contribution in [3.63, 3.8) is 0 Å². The molecule has 1 fully saturated rings. The fraction of sp³-hybridized carbons (Fsp3) is 0.524. The molecule has 1 saturated heterocycles. The van der Waals surface area contributed by atoms with Crippen LogP contribution in [0.5, 0.6) is 5.75 Å². The molecule has 1 unspecified atom stereocenters. The molecule has 2 heterocycles. The second-order valence-electron chi connectivity index (χ2n) is 6.98. The van der Waals surface area contributed by atoms with Crippen molar-refractivity contribution in [1.82, 2.24) is 25.1 Å². The minimum absolute atomic E-state index is 0. The maximum absolute atomic E-state index is 5.31. The van der Waals surface area contributed by atoms with Crippen molar-refractivity contribution in [2.75, 3.05) is 39.8 Å². The highest BCUT2D eigenvalue weighted by atomic mass is 127. The Labute approximate surface area is 191 Å². The second-order valence-corrected chi connectivity index (χ2v) is 6.98. The number of aromatic nitrogens is 2. The lowest BCUT2D eigenvalue weighted by Gasteiger charge is -2.27. The Morgan fingerprint density at radius 3 is 2.59 bits per heavy atom. The van der Waals surface area contributed by atoms with E-state index >= 15 is 0 Å². The van der Waals surface area contributed by atoms with E-state index in [0.29, 0.717) is 0 Å². The highest BCUT2D eigenvalue weighted by Gasteiger charge is 2.23. The molecule has 0 amide bonds. The third-order valence-corrected chi connectivity index (χ3v) is 5.07. The van der Waals surface area contributed by atoms with Crippen molar-refractivity contribution in [2.45, 2.75) is 32.4 Å². The van der Waals surface area contributed by atoms with Gasteiger partial charge in [0.15, 0.2) is 5.96 Å². The van der Waals surface area contributed by atoms with Crippen LogP contribution in [0.1, 0.15) is 31.4 Å². The third kappa shape index (κ3) is 7.18. The number of guanidine groups is 1. The third-order valence-electron chi connectivity index (χ3n) is 5.07. The van der Waals surface area contributed by atoms with Gasteiger partial charge in [0.1, 0.15) is 5.75 Å². The minimum Gasteiger partial charge on any atom is -0.497 e.